The standard InChI is InChI=1S/C20H22F3N3O3/c21-20(22,23)15-5-3-14(4-6-15)18(28)26-9-7-19(8-10-26)11-16(25-29-19)17(27)24-12-13-1-2-13/h3-6,11,13,25H,1-2,7-10,12H2,(H,24,27). The Morgan fingerprint density at radius 1 is 1.17 bits per heavy atom. The van der Waals surface area contributed by atoms with Crippen molar-refractivity contribution in [3.05, 3.63) is 47.2 Å². The summed E-state index contributed by atoms with van der Waals surface area (Å²) in [7, 11) is 0. The van der Waals surface area contributed by atoms with E-state index in [9.17, 15) is 22.8 Å². The monoisotopic (exact) mass is 409 g/mol. The molecule has 6 nitrogen and oxygen atoms in total. The Morgan fingerprint density at radius 2 is 1.83 bits per heavy atom. The summed E-state index contributed by atoms with van der Waals surface area (Å²) in [6.07, 6.45) is 0.625. The molecule has 2 amide bonds. The molecule has 2 fully saturated rings. The van der Waals surface area contributed by atoms with E-state index in [4.69, 9.17) is 4.84 Å². The zero-order chi connectivity index (χ0) is 20.6. The molecule has 156 valence electrons. The summed E-state index contributed by atoms with van der Waals surface area (Å²) < 4.78 is 38.0. The third kappa shape index (κ3) is 4.39. The highest BCUT2D eigenvalue weighted by atomic mass is 19.4. The summed E-state index contributed by atoms with van der Waals surface area (Å²) in [4.78, 5) is 32.0. The first kappa shape index (κ1) is 19.8. The fraction of sp³-hybridized carbons (Fsp3) is 0.500. The molecule has 0 aromatic heterocycles. The number of carbonyl (C=O) groups is 2. The molecule has 0 atom stereocenters. The third-order valence-corrected chi connectivity index (χ3v) is 5.62. The number of amides is 2. The van der Waals surface area contributed by atoms with Gasteiger partial charge >= 0.3 is 6.18 Å². The second-order valence-electron chi connectivity index (χ2n) is 7.85. The van der Waals surface area contributed by atoms with Gasteiger partial charge in [-0.05, 0) is 49.1 Å². The molecule has 1 aromatic carbocycles. The van der Waals surface area contributed by atoms with E-state index in [1.54, 1.807) is 11.0 Å². The van der Waals surface area contributed by atoms with Gasteiger partial charge in [-0.3, -0.25) is 19.9 Å². The van der Waals surface area contributed by atoms with Crippen LogP contribution >= 0.6 is 0 Å². The largest absolute Gasteiger partial charge is 0.416 e. The summed E-state index contributed by atoms with van der Waals surface area (Å²) in [6.45, 7) is 1.43. The number of hydrogen-bond donors (Lipinski definition) is 2. The van der Waals surface area contributed by atoms with E-state index in [0.717, 1.165) is 25.0 Å². The normalized spacial score (nSPS) is 20.9. The summed E-state index contributed by atoms with van der Waals surface area (Å²) in [5.74, 6) is 0.0678. The minimum absolute atomic E-state index is 0.197. The van der Waals surface area contributed by atoms with Gasteiger partial charge in [0.25, 0.3) is 11.8 Å². The van der Waals surface area contributed by atoms with Gasteiger partial charge in [0.1, 0.15) is 11.3 Å². The van der Waals surface area contributed by atoms with Crippen molar-refractivity contribution < 1.29 is 27.6 Å². The van der Waals surface area contributed by atoms with Crippen LogP contribution in [0.25, 0.3) is 0 Å². The van der Waals surface area contributed by atoms with Gasteiger partial charge in [0.2, 0.25) is 0 Å². The van der Waals surface area contributed by atoms with Crippen molar-refractivity contribution in [2.24, 2.45) is 5.92 Å². The lowest BCUT2D eigenvalue weighted by Crippen LogP contribution is -2.46. The number of nitrogens with one attached hydrogen (secondary N) is 2. The average molecular weight is 409 g/mol. The van der Waals surface area contributed by atoms with Crippen molar-refractivity contribution in [3.63, 3.8) is 0 Å². The molecule has 0 radical (unpaired) electrons. The fourth-order valence-corrected chi connectivity index (χ4v) is 3.56. The molecule has 3 aliphatic rings. The SMILES string of the molecule is O=C(NCC1CC1)C1=CC2(CCN(C(=O)c3ccc(C(F)(F)F)cc3)CC2)ON1. The average Bonchev–Trinajstić information content (AvgIpc) is 3.45. The van der Waals surface area contributed by atoms with E-state index in [-0.39, 0.29) is 17.4 Å². The Morgan fingerprint density at radius 3 is 2.41 bits per heavy atom. The number of rotatable bonds is 4. The molecule has 2 aliphatic heterocycles. The molecule has 2 heterocycles. The number of halogens is 3. The fourth-order valence-electron chi connectivity index (χ4n) is 3.56. The highest BCUT2D eigenvalue weighted by molar-refractivity contribution is 5.94. The topological polar surface area (TPSA) is 70.7 Å². The number of hydroxylamine groups is 1. The number of piperidine rings is 1. The number of benzene rings is 1. The molecule has 1 aromatic rings. The molecular formula is C20H22F3N3O3. The Hall–Kier alpha value is -2.55. The number of nitrogens with zero attached hydrogens (tertiary/aromatic N) is 1. The molecule has 0 bridgehead atoms. The van der Waals surface area contributed by atoms with Crippen LogP contribution in [0.4, 0.5) is 13.2 Å². The molecule has 1 aliphatic carbocycles. The number of alkyl halides is 3. The summed E-state index contributed by atoms with van der Waals surface area (Å²) in [5.41, 5.74) is 1.86. The number of likely N-dealkylation sites (tertiary alicyclic amines) is 1. The van der Waals surface area contributed by atoms with E-state index in [0.29, 0.717) is 44.1 Å². The van der Waals surface area contributed by atoms with Crippen LogP contribution in [0.2, 0.25) is 0 Å². The molecule has 9 heteroatoms. The maximum absolute atomic E-state index is 12.7. The number of carbonyl (C=O) groups excluding carboxylic acids is 2. The van der Waals surface area contributed by atoms with E-state index >= 15 is 0 Å². The summed E-state index contributed by atoms with van der Waals surface area (Å²) >= 11 is 0. The van der Waals surface area contributed by atoms with Gasteiger partial charge < -0.3 is 10.2 Å². The molecule has 1 saturated carbocycles. The van der Waals surface area contributed by atoms with Crippen LogP contribution in [0.1, 0.15) is 41.6 Å². The molecule has 29 heavy (non-hydrogen) atoms. The molecule has 0 unspecified atom stereocenters. The van der Waals surface area contributed by atoms with Crippen LogP contribution in [0, 0.1) is 5.92 Å². The smallest absolute Gasteiger partial charge is 0.350 e. The van der Waals surface area contributed by atoms with Crippen LogP contribution in [0.5, 0.6) is 0 Å². The van der Waals surface area contributed by atoms with Gasteiger partial charge in [-0.2, -0.15) is 13.2 Å². The van der Waals surface area contributed by atoms with Crippen LogP contribution in [-0.4, -0.2) is 41.9 Å². The Kier molecular flexibility index (Phi) is 5.02. The Bertz CT molecular complexity index is 824. The van der Waals surface area contributed by atoms with Crippen molar-refractivity contribution >= 4 is 11.8 Å². The van der Waals surface area contributed by atoms with E-state index in [1.807, 2.05) is 0 Å². The molecular weight excluding hydrogens is 387 g/mol. The van der Waals surface area contributed by atoms with Crippen molar-refractivity contribution in [3.8, 4) is 0 Å². The van der Waals surface area contributed by atoms with E-state index in [1.165, 1.54) is 12.1 Å². The van der Waals surface area contributed by atoms with Crippen LogP contribution in [-0.2, 0) is 15.8 Å². The van der Waals surface area contributed by atoms with Gasteiger partial charge in [-0.1, -0.05) is 0 Å². The lowest BCUT2D eigenvalue weighted by atomic mass is 9.90. The second-order valence-corrected chi connectivity index (χ2v) is 7.85. The summed E-state index contributed by atoms with van der Waals surface area (Å²) in [6, 6.07) is 4.23. The lowest BCUT2D eigenvalue weighted by Gasteiger charge is -2.36. The quantitative estimate of drug-likeness (QED) is 0.802. The van der Waals surface area contributed by atoms with Gasteiger partial charge in [0.05, 0.1) is 5.56 Å². The minimum Gasteiger partial charge on any atom is -0.350 e. The van der Waals surface area contributed by atoms with E-state index in [2.05, 4.69) is 10.8 Å². The highest BCUT2D eigenvalue weighted by Crippen LogP contribution is 2.33. The predicted octanol–water partition coefficient (Wildman–Crippen LogP) is 2.63. The molecule has 1 saturated heterocycles. The predicted molar refractivity (Wildman–Crippen MR) is 97.3 cm³/mol. The highest BCUT2D eigenvalue weighted by Gasteiger charge is 2.41. The maximum Gasteiger partial charge on any atom is 0.416 e. The first-order valence-corrected chi connectivity index (χ1v) is 9.67. The maximum atomic E-state index is 12.7. The van der Waals surface area contributed by atoms with Crippen LogP contribution in [0.15, 0.2) is 36.0 Å². The first-order chi connectivity index (χ1) is 13.8. The van der Waals surface area contributed by atoms with Crippen LogP contribution < -0.4 is 10.8 Å². The van der Waals surface area contributed by atoms with Gasteiger partial charge in [0.15, 0.2) is 0 Å². The molecule has 1 spiro atoms. The van der Waals surface area contributed by atoms with Crippen molar-refractivity contribution in [2.75, 3.05) is 19.6 Å². The summed E-state index contributed by atoms with van der Waals surface area (Å²) in [5, 5.41) is 2.88. The second kappa shape index (κ2) is 7.37. The lowest BCUT2D eigenvalue weighted by molar-refractivity contribution is -0.137. The van der Waals surface area contributed by atoms with Gasteiger partial charge in [0, 0.05) is 38.0 Å². The van der Waals surface area contributed by atoms with Crippen molar-refractivity contribution in [2.45, 2.75) is 37.5 Å². The third-order valence-electron chi connectivity index (χ3n) is 5.62. The van der Waals surface area contributed by atoms with Crippen molar-refractivity contribution in [1.82, 2.24) is 15.7 Å². The van der Waals surface area contributed by atoms with E-state index < -0.39 is 17.3 Å². The molecule has 4 rings (SSSR count). The van der Waals surface area contributed by atoms with Gasteiger partial charge in [-0.15, -0.1) is 0 Å². The minimum atomic E-state index is -4.43. The van der Waals surface area contributed by atoms with Crippen LogP contribution in [0.3, 0.4) is 0 Å². The first-order valence-electron chi connectivity index (χ1n) is 9.67. The zero-order valence-corrected chi connectivity index (χ0v) is 15.7. The van der Waals surface area contributed by atoms with Gasteiger partial charge in [-0.25, -0.2) is 0 Å². The Labute approximate surface area is 166 Å². The number of hydrogen-bond acceptors (Lipinski definition) is 4. The van der Waals surface area contributed by atoms with Crippen molar-refractivity contribution in [1.29, 1.82) is 0 Å². The zero-order valence-electron chi connectivity index (χ0n) is 15.7. The Balaban J connectivity index is 1.34. The molecule has 2 N–H and O–H groups in total.